The van der Waals surface area contributed by atoms with Gasteiger partial charge in [-0.3, -0.25) is 4.72 Å². The third kappa shape index (κ3) is 3.17. The van der Waals surface area contributed by atoms with Crippen molar-refractivity contribution in [1.29, 1.82) is 0 Å². The predicted octanol–water partition coefficient (Wildman–Crippen LogP) is 3.84. The van der Waals surface area contributed by atoms with Crippen LogP contribution in [0, 0.1) is 0 Å². The summed E-state index contributed by atoms with van der Waals surface area (Å²) in [6.45, 7) is 0. The van der Waals surface area contributed by atoms with E-state index >= 15 is 0 Å². The van der Waals surface area contributed by atoms with E-state index in [-0.39, 0.29) is 14.9 Å². The average molecular weight is 331 g/mol. The Balaban J connectivity index is 2.33. The summed E-state index contributed by atoms with van der Waals surface area (Å²) in [5.74, 6) is 0. The molecule has 0 radical (unpaired) electrons. The number of hydrogen-bond donors (Lipinski definition) is 2. The minimum Gasteiger partial charge on any atom is -0.388 e. The van der Waals surface area contributed by atoms with Crippen LogP contribution >= 0.6 is 23.2 Å². The summed E-state index contributed by atoms with van der Waals surface area (Å²) in [4.78, 5) is -0.0515. The van der Waals surface area contributed by atoms with Crippen molar-refractivity contribution in [1.82, 2.24) is 0 Å². The van der Waals surface area contributed by atoms with Gasteiger partial charge in [0, 0.05) is 18.4 Å². The molecular weight excluding hydrogens is 319 g/mol. The molecule has 0 heterocycles. The van der Waals surface area contributed by atoms with Gasteiger partial charge in [-0.1, -0.05) is 29.3 Å². The molecule has 2 aromatic rings. The molecule has 0 spiro atoms. The Hall–Kier alpha value is -1.43. The van der Waals surface area contributed by atoms with Crippen LogP contribution < -0.4 is 10.0 Å². The van der Waals surface area contributed by atoms with E-state index in [1.807, 2.05) is 0 Å². The Labute approximate surface area is 127 Å². The summed E-state index contributed by atoms with van der Waals surface area (Å²) in [5.41, 5.74) is 1.33. The van der Waals surface area contributed by atoms with E-state index in [1.54, 1.807) is 31.3 Å². The minimum absolute atomic E-state index is 0.00788. The van der Waals surface area contributed by atoms with Crippen molar-refractivity contribution in [2.24, 2.45) is 0 Å². The van der Waals surface area contributed by atoms with Gasteiger partial charge in [0.15, 0.2) is 0 Å². The molecule has 0 aliphatic heterocycles. The molecule has 0 unspecified atom stereocenters. The molecule has 0 bridgehead atoms. The molecule has 0 aliphatic rings. The molecule has 106 valence electrons. The van der Waals surface area contributed by atoms with E-state index in [0.29, 0.717) is 5.69 Å². The van der Waals surface area contributed by atoms with Gasteiger partial charge in [-0.05, 0) is 36.4 Å². The van der Waals surface area contributed by atoms with Crippen LogP contribution in [0.5, 0.6) is 0 Å². The van der Waals surface area contributed by atoms with E-state index in [9.17, 15) is 8.42 Å². The molecule has 0 amide bonds. The van der Waals surface area contributed by atoms with Gasteiger partial charge in [-0.25, -0.2) is 8.42 Å². The lowest BCUT2D eigenvalue weighted by Crippen LogP contribution is -2.13. The summed E-state index contributed by atoms with van der Waals surface area (Å²) < 4.78 is 27.0. The highest BCUT2D eigenvalue weighted by atomic mass is 35.5. The number of anilines is 2. The first-order chi connectivity index (χ1) is 9.44. The summed E-state index contributed by atoms with van der Waals surface area (Å²) in [7, 11) is -1.99. The number of rotatable bonds is 4. The minimum atomic E-state index is -3.77. The van der Waals surface area contributed by atoms with Crippen molar-refractivity contribution < 1.29 is 8.42 Å². The van der Waals surface area contributed by atoms with Crippen LogP contribution in [0.15, 0.2) is 47.4 Å². The monoisotopic (exact) mass is 330 g/mol. The van der Waals surface area contributed by atoms with Crippen LogP contribution in [-0.2, 0) is 10.0 Å². The zero-order chi connectivity index (χ0) is 14.8. The molecule has 0 atom stereocenters. The second kappa shape index (κ2) is 5.91. The lowest BCUT2D eigenvalue weighted by atomic mass is 10.3. The maximum Gasteiger partial charge on any atom is 0.263 e. The summed E-state index contributed by atoms with van der Waals surface area (Å²) in [6, 6.07) is 11.3. The Morgan fingerprint density at radius 1 is 0.950 bits per heavy atom. The zero-order valence-corrected chi connectivity index (χ0v) is 12.9. The molecule has 2 N–H and O–H groups in total. The fourth-order valence-electron chi connectivity index (χ4n) is 1.61. The Morgan fingerprint density at radius 2 is 1.55 bits per heavy atom. The summed E-state index contributed by atoms with van der Waals surface area (Å²) in [6.07, 6.45) is 0. The topological polar surface area (TPSA) is 58.2 Å². The Morgan fingerprint density at radius 3 is 2.15 bits per heavy atom. The SMILES string of the molecule is CNc1ccc(NS(=O)(=O)c2cccc(Cl)c2Cl)cc1. The van der Waals surface area contributed by atoms with E-state index in [0.717, 1.165) is 5.69 Å². The third-order valence-corrected chi connectivity index (χ3v) is 4.99. The maximum absolute atomic E-state index is 12.3. The van der Waals surface area contributed by atoms with Crippen LogP contribution in [0.25, 0.3) is 0 Å². The van der Waals surface area contributed by atoms with Crippen LogP contribution in [0.2, 0.25) is 10.0 Å². The predicted molar refractivity (Wildman–Crippen MR) is 83.3 cm³/mol. The second-order valence-corrected chi connectivity index (χ2v) is 6.42. The highest BCUT2D eigenvalue weighted by Crippen LogP contribution is 2.30. The fraction of sp³-hybridized carbons (Fsp3) is 0.0769. The quantitative estimate of drug-likeness (QED) is 0.895. The van der Waals surface area contributed by atoms with E-state index in [1.165, 1.54) is 18.2 Å². The van der Waals surface area contributed by atoms with Gasteiger partial charge < -0.3 is 5.32 Å². The fourth-order valence-corrected chi connectivity index (χ4v) is 3.43. The van der Waals surface area contributed by atoms with Crippen LogP contribution in [0.4, 0.5) is 11.4 Å². The highest BCUT2D eigenvalue weighted by Gasteiger charge is 2.19. The highest BCUT2D eigenvalue weighted by molar-refractivity contribution is 7.92. The van der Waals surface area contributed by atoms with Crippen LogP contribution in [0.1, 0.15) is 0 Å². The Kier molecular flexibility index (Phi) is 4.42. The molecule has 0 saturated heterocycles. The van der Waals surface area contributed by atoms with Gasteiger partial charge in [0.05, 0.1) is 10.0 Å². The van der Waals surface area contributed by atoms with Crippen molar-refractivity contribution in [2.75, 3.05) is 17.1 Å². The molecule has 0 saturated carbocycles. The first kappa shape index (κ1) is 15.0. The van der Waals surface area contributed by atoms with E-state index in [4.69, 9.17) is 23.2 Å². The van der Waals surface area contributed by atoms with Crippen LogP contribution in [-0.4, -0.2) is 15.5 Å². The van der Waals surface area contributed by atoms with Crippen molar-refractivity contribution >= 4 is 44.6 Å². The molecule has 0 fully saturated rings. The van der Waals surface area contributed by atoms with Gasteiger partial charge in [-0.15, -0.1) is 0 Å². The van der Waals surface area contributed by atoms with Crippen LogP contribution in [0.3, 0.4) is 0 Å². The Bertz CT molecular complexity index is 716. The molecule has 2 rings (SSSR count). The molecule has 0 aliphatic carbocycles. The molecule has 20 heavy (non-hydrogen) atoms. The number of hydrogen-bond acceptors (Lipinski definition) is 3. The molecule has 2 aromatic carbocycles. The average Bonchev–Trinajstić information content (AvgIpc) is 2.42. The van der Waals surface area contributed by atoms with Gasteiger partial charge in [0.25, 0.3) is 10.0 Å². The molecular formula is C13H12Cl2N2O2S. The standard InChI is InChI=1S/C13H12Cl2N2O2S/c1-16-9-5-7-10(8-6-9)17-20(18,19)12-4-2-3-11(14)13(12)15/h2-8,16-17H,1H3. The van der Waals surface area contributed by atoms with Crippen molar-refractivity contribution in [2.45, 2.75) is 4.90 Å². The normalized spacial score (nSPS) is 11.2. The number of nitrogens with one attached hydrogen (secondary N) is 2. The molecule has 4 nitrogen and oxygen atoms in total. The summed E-state index contributed by atoms with van der Waals surface area (Å²) in [5, 5.41) is 3.15. The maximum atomic E-state index is 12.3. The van der Waals surface area contributed by atoms with E-state index in [2.05, 4.69) is 10.0 Å². The first-order valence-corrected chi connectivity index (χ1v) is 7.92. The molecule has 0 aromatic heterocycles. The van der Waals surface area contributed by atoms with Crippen molar-refractivity contribution in [3.05, 3.63) is 52.5 Å². The lowest BCUT2D eigenvalue weighted by molar-refractivity contribution is 0.601. The third-order valence-electron chi connectivity index (χ3n) is 2.63. The number of sulfonamides is 1. The number of halogens is 2. The van der Waals surface area contributed by atoms with Gasteiger partial charge in [0.2, 0.25) is 0 Å². The van der Waals surface area contributed by atoms with Crippen molar-refractivity contribution in [3.63, 3.8) is 0 Å². The smallest absolute Gasteiger partial charge is 0.263 e. The number of benzene rings is 2. The second-order valence-electron chi connectivity index (χ2n) is 3.98. The van der Waals surface area contributed by atoms with E-state index < -0.39 is 10.0 Å². The lowest BCUT2D eigenvalue weighted by Gasteiger charge is -2.10. The summed E-state index contributed by atoms with van der Waals surface area (Å²) >= 11 is 11.8. The van der Waals surface area contributed by atoms with Gasteiger partial charge in [-0.2, -0.15) is 0 Å². The largest absolute Gasteiger partial charge is 0.388 e. The molecule has 7 heteroatoms. The van der Waals surface area contributed by atoms with Crippen molar-refractivity contribution in [3.8, 4) is 0 Å². The zero-order valence-electron chi connectivity index (χ0n) is 10.5. The first-order valence-electron chi connectivity index (χ1n) is 5.68. The van der Waals surface area contributed by atoms with Gasteiger partial charge in [0.1, 0.15) is 4.90 Å². The van der Waals surface area contributed by atoms with Gasteiger partial charge >= 0.3 is 0 Å².